The van der Waals surface area contributed by atoms with E-state index in [1.54, 1.807) is 47.6 Å². The molecular formula is C66H71Cl2N23O7. The number of ether oxygens (including phenoxy) is 3. The molecule has 0 bridgehead atoms. The topological polar surface area (TPSA) is 405 Å². The number of anilines is 11. The summed E-state index contributed by atoms with van der Waals surface area (Å²) in [5.74, 6) is 7.09. The number of nitrogens with one attached hydrogen (secondary N) is 9. The first-order valence-electron chi connectivity index (χ1n) is 31.3. The van der Waals surface area contributed by atoms with Crippen LogP contribution in [0.1, 0.15) is 90.3 Å². The number of aromatic amines is 2. The Morgan fingerprint density at radius 1 is 0.439 bits per heavy atom. The molecule has 0 unspecified atom stereocenters. The Morgan fingerprint density at radius 3 is 1.14 bits per heavy atom. The number of halogens is 2. The third kappa shape index (κ3) is 17.0. The van der Waals surface area contributed by atoms with Crippen LogP contribution in [0.4, 0.5) is 63.6 Å². The van der Waals surface area contributed by atoms with Gasteiger partial charge >= 0.3 is 0 Å². The van der Waals surface area contributed by atoms with Crippen LogP contribution in [-0.4, -0.2) is 121 Å². The van der Waals surface area contributed by atoms with Gasteiger partial charge in [0.1, 0.15) is 106 Å². The van der Waals surface area contributed by atoms with E-state index in [0.717, 1.165) is 129 Å². The third-order valence-corrected chi connectivity index (χ3v) is 17.1. The Kier molecular flexibility index (Phi) is 21.3. The van der Waals surface area contributed by atoms with E-state index < -0.39 is 0 Å². The number of hydrogen-bond donors (Lipinski definition) is 10. The molecule has 7 aromatic heterocycles. The fourth-order valence-electron chi connectivity index (χ4n) is 9.62. The molecule has 11 N–H and O–H groups in total. The number of nitrogens with two attached hydrogens (primary N) is 1. The van der Waals surface area contributed by atoms with Crippen LogP contribution < -0.4 is 57.2 Å². The summed E-state index contributed by atoms with van der Waals surface area (Å²) in [4.78, 5) is 92.4. The zero-order chi connectivity index (χ0) is 69.1. The molecule has 8 heterocycles. The van der Waals surface area contributed by atoms with Gasteiger partial charge in [-0.05, 0) is 121 Å². The van der Waals surface area contributed by atoms with Gasteiger partial charge in [-0.3, -0.25) is 34.4 Å². The summed E-state index contributed by atoms with van der Waals surface area (Å²) in [5.41, 5.74) is 15.5. The van der Waals surface area contributed by atoms with E-state index in [4.69, 9.17) is 43.1 Å². The van der Waals surface area contributed by atoms with Crippen LogP contribution in [-0.2, 0) is 25.7 Å². The summed E-state index contributed by atoms with van der Waals surface area (Å²) in [7, 11) is 4.85. The molecule has 98 heavy (non-hydrogen) atoms. The van der Waals surface area contributed by atoms with Crippen LogP contribution >= 0.6 is 23.2 Å². The molecule has 15 rings (SSSR count). The smallest absolute Gasteiger partial charge is 0.228 e. The number of rotatable bonds is 17. The number of carbonyl (C=O) groups excluding carboxylic acids is 4. The zero-order valence-corrected chi connectivity index (χ0v) is 56.3. The minimum Gasteiger partial charge on any atom is -0.495 e. The highest BCUT2D eigenvalue weighted by atomic mass is 35.5. The molecule has 5 aliphatic rings. The van der Waals surface area contributed by atoms with Crippen LogP contribution in [0.15, 0.2) is 85.4 Å². The van der Waals surface area contributed by atoms with E-state index in [0.29, 0.717) is 80.5 Å². The number of H-pyrrole nitrogens is 2. The van der Waals surface area contributed by atoms with Gasteiger partial charge < -0.3 is 57.2 Å². The molecule has 0 radical (unpaired) electrons. The highest BCUT2D eigenvalue weighted by Gasteiger charge is 2.33. The largest absolute Gasteiger partial charge is 0.495 e. The maximum atomic E-state index is 12.0. The van der Waals surface area contributed by atoms with Gasteiger partial charge in [-0.1, -0.05) is 23.2 Å². The number of benzene rings is 3. The van der Waals surface area contributed by atoms with Crippen LogP contribution in [0.5, 0.6) is 17.2 Å². The summed E-state index contributed by atoms with van der Waals surface area (Å²) in [5, 5.41) is 37.8. The van der Waals surface area contributed by atoms with Gasteiger partial charge in [0, 0.05) is 80.6 Å². The number of fused-ring (bicyclic) bond motifs is 3. The van der Waals surface area contributed by atoms with Crippen molar-refractivity contribution in [3.05, 3.63) is 130 Å². The lowest BCUT2D eigenvalue weighted by Crippen LogP contribution is -2.16. The number of carbonyl (C=O) groups is 4. The highest BCUT2D eigenvalue weighted by molar-refractivity contribution is 6.30. The highest BCUT2D eigenvalue weighted by Crippen LogP contribution is 2.39. The van der Waals surface area contributed by atoms with Crippen molar-refractivity contribution in [2.75, 3.05) is 64.3 Å². The Bertz CT molecular complexity index is 4470. The molecule has 0 atom stereocenters. The Labute approximate surface area is 571 Å². The molecule has 4 fully saturated rings. The summed E-state index contributed by atoms with van der Waals surface area (Å²) >= 11 is 11.4. The second-order valence-electron chi connectivity index (χ2n) is 23.6. The van der Waals surface area contributed by atoms with Crippen molar-refractivity contribution in [2.45, 2.75) is 92.5 Å². The van der Waals surface area contributed by atoms with E-state index in [2.05, 4.69) is 112 Å². The summed E-state index contributed by atoms with van der Waals surface area (Å²) < 4.78 is 16.4. The van der Waals surface area contributed by atoms with E-state index >= 15 is 0 Å². The second kappa shape index (κ2) is 30.6. The Balaban J connectivity index is 0.000000129. The number of amides is 4. The van der Waals surface area contributed by atoms with Gasteiger partial charge in [0.2, 0.25) is 23.6 Å². The molecular weight excluding hydrogens is 1300 g/mol. The molecule has 3 aromatic carbocycles. The first-order chi connectivity index (χ1) is 47.4. The molecule has 506 valence electrons. The molecule has 10 aromatic rings. The Morgan fingerprint density at radius 2 is 0.776 bits per heavy atom. The van der Waals surface area contributed by atoms with Crippen molar-refractivity contribution in [1.29, 1.82) is 0 Å². The lowest BCUT2D eigenvalue weighted by atomic mass is 10.1. The molecule has 32 heteroatoms. The Hall–Kier alpha value is -11.3. The van der Waals surface area contributed by atoms with Crippen molar-refractivity contribution >= 4 is 138 Å². The van der Waals surface area contributed by atoms with Crippen LogP contribution in [0.3, 0.4) is 0 Å². The van der Waals surface area contributed by atoms with E-state index in [-0.39, 0.29) is 47.3 Å². The number of methoxy groups -OCH3 is 3. The maximum Gasteiger partial charge on any atom is 0.228 e. The fraction of sp³-hybridized carbons (Fsp3) is 0.318. The minimum absolute atomic E-state index is 0.0187. The summed E-state index contributed by atoms with van der Waals surface area (Å²) in [6.07, 6.45) is 20.0. The number of hydrogen-bond acceptors (Lipinski definition) is 24. The van der Waals surface area contributed by atoms with Crippen molar-refractivity contribution in [3.63, 3.8) is 0 Å². The molecule has 4 saturated carbocycles. The summed E-state index contributed by atoms with van der Waals surface area (Å²) in [6.45, 7) is 9.85. The normalized spacial score (nSPS) is 13.9. The number of nitrogen functional groups attached to an aromatic ring is 1. The number of aliphatic imine (C=N–C) groups is 1. The van der Waals surface area contributed by atoms with Gasteiger partial charge in [-0.2, -0.15) is 10.2 Å². The molecule has 1 aliphatic heterocycles. The van der Waals surface area contributed by atoms with Crippen molar-refractivity contribution in [3.8, 4) is 17.2 Å². The zero-order valence-electron chi connectivity index (χ0n) is 54.8. The predicted molar refractivity (Wildman–Crippen MR) is 373 cm³/mol. The molecule has 0 spiro atoms. The van der Waals surface area contributed by atoms with E-state index in [1.807, 2.05) is 63.4 Å². The molecule has 0 saturated heterocycles. The number of nitrogens with zero attached hydrogens (tertiary/aromatic N) is 13. The molecule has 30 nitrogen and oxygen atoms in total. The fourth-order valence-corrected chi connectivity index (χ4v) is 9.90. The first kappa shape index (κ1) is 68.1. The van der Waals surface area contributed by atoms with Gasteiger partial charge in [0.25, 0.3) is 0 Å². The standard InChI is InChI=1S/C18H19N5O2.2C17H18N6O2.C9H10ClN3O.C5H6ClN3/c1-10-16(20-9-21-17(10)23-18(24)11-3-4-11)22-14-5-12-7-19-8-13(12)6-15(14)25-2;2*1-9-15(18-8-19-16(9)22-17(24)10-3-4-10)21-13-5-11-7-20-23-12(11)6-14(13)25-2;1-5-7(10)11-4-12-8(5)13-9(14)6-2-3-6;1-3-4(6)8-2-9-5(3)7/h5-7,9,11H,3-4,8H2,1-2H3,(H2,20,21,22,23,24);2*5-8,10H,3-4H2,1-2H3,(H,20,23)(H2,18,19,21,22,24);4,6H,2-3H2,1H3,(H,11,12,13,14);2H,1H3,(H2,7,8,9). The van der Waals surface area contributed by atoms with Gasteiger partial charge in [-0.25, -0.2) is 49.8 Å². The minimum atomic E-state index is 0.0187. The predicted octanol–water partition coefficient (Wildman–Crippen LogP) is 11.1. The second-order valence-corrected chi connectivity index (χ2v) is 24.3. The molecule has 4 amide bonds. The van der Waals surface area contributed by atoms with Crippen LogP contribution in [0.2, 0.25) is 10.3 Å². The van der Waals surface area contributed by atoms with Gasteiger partial charge in [-0.15, -0.1) is 0 Å². The van der Waals surface area contributed by atoms with Gasteiger partial charge in [0.15, 0.2) is 0 Å². The number of aromatic nitrogens is 14. The monoisotopic (exact) mass is 1370 g/mol. The van der Waals surface area contributed by atoms with Gasteiger partial charge in [0.05, 0.1) is 68.4 Å². The maximum absolute atomic E-state index is 12.0. The van der Waals surface area contributed by atoms with E-state index in [1.165, 1.54) is 31.6 Å². The average Bonchev–Trinajstić information content (AvgIpc) is 1.57. The quantitative estimate of drug-likeness (QED) is 0.0379. The van der Waals surface area contributed by atoms with Crippen LogP contribution in [0.25, 0.3) is 21.8 Å². The average molecular weight is 1370 g/mol. The molecule has 4 aliphatic carbocycles. The lowest BCUT2D eigenvalue weighted by molar-refractivity contribution is -0.118. The van der Waals surface area contributed by atoms with Crippen molar-refractivity contribution in [1.82, 2.24) is 70.2 Å². The summed E-state index contributed by atoms with van der Waals surface area (Å²) in [6, 6.07) is 11.6. The first-order valence-corrected chi connectivity index (χ1v) is 32.0. The SMILES string of the molecule is COc1cc2[nH]ncc2cc1Nc1ncnc(NC(=O)C2CC2)c1C.COc1cc2[nH]ncc2cc1Nc1ncnc(NC(=O)C2CC2)c1C.COc1cc2c(cc1Nc1ncnc(NC(=O)C3CC3)c1C)C=NC2.Cc1c(Cl)ncnc1NC(=O)C1CC1.Cc1c(N)ncnc1Cl. The van der Waals surface area contributed by atoms with E-state index in [9.17, 15) is 19.2 Å². The van der Waals surface area contributed by atoms with Crippen LogP contribution in [0, 0.1) is 58.3 Å². The van der Waals surface area contributed by atoms with Crippen molar-refractivity contribution in [2.24, 2.45) is 28.7 Å². The lowest BCUT2D eigenvalue weighted by Gasteiger charge is -2.15. The third-order valence-electron chi connectivity index (χ3n) is 16.3. The van der Waals surface area contributed by atoms with Crippen molar-refractivity contribution < 1.29 is 33.4 Å².